The van der Waals surface area contributed by atoms with E-state index in [1.165, 1.54) is 34.2 Å². The van der Waals surface area contributed by atoms with Gasteiger partial charge in [0, 0.05) is 18.8 Å². The van der Waals surface area contributed by atoms with Crippen LogP contribution in [-0.4, -0.2) is 9.78 Å². The van der Waals surface area contributed by atoms with Crippen molar-refractivity contribution in [3.63, 3.8) is 0 Å². The maximum atomic E-state index is 4.25. The van der Waals surface area contributed by atoms with Crippen molar-refractivity contribution in [1.82, 2.24) is 9.78 Å². The molecule has 0 saturated carbocycles. The van der Waals surface area contributed by atoms with Crippen molar-refractivity contribution in [2.45, 2.75) is 33.6 Å². The van der Waals surface area contributed by atoms with E-state index in [0.29, 0.717) is 0 Å². The van der Waals surface area contributed by atoms with E-state index >= 15 is 0 Å². The Balaban J connectivity index is 2.52. The third kappa shape index (κ3) is 2.26. The molecule has 0 aliphatic carbocycles. The summed E-state index contributed by atoms with van der Waals surface area (Å²) in [6.45, 7) is 6.65. The van der Waals surface area contributed by atoms with Crippen LogP contribution >= 0.6 is 0 Å². The fourth-order valence-electron chi connectivity index (χ4n) is 2.40. The summed E-state index contributed by atoms with van der Waals surface area (Å²) >= 11 is 0. The van der Waals surface area contributed by atoms with E-state index in [4.69, 9.17) is 0 Å². The highest BCUT2D eigenvalue weighted by Gasteiger charge is 2.09. The lowest BCUT2D eigenvalue weighted by Gasteiger charge is -2.12. The molecule has 2 nitrogen and oxygen atoms in total. The molecule has 17 heavy (non-hydrogen) atoms. The zero-order chi connectivity index (χ0) is 12.4. The van der Waals surface area contributed by atoms with Crippen LogP contribution in [0.5, 0.6) is 0 Å². The molecular weight excluding hydrogens is 208 g/mol. The molecule has 1 heterocycles. The second kappa shape index (κ2) is 4.74. The summed E-state index contributed by atoms with van der Waals surface area (Å²) in [5, 5.41) is 4.25. The van der Waals surface area contributed by atoms with Crippen molar-refractivity contribution in [2.75, 3.05) is 0 Å². The molecule has 0 atom stereocenters. The molecule has 0 N–H and O–H groups in total. The number of hydrogen-bond acceptors (Lipinski definition) is 1. The minimum Gasteiger partial charge on any atom is -0.275 e. The lowest BCUT2D eigenvalue weighted by atomic mass is 9.92. The van der Waals surface area contributed by atoms with Crippen molar-refractivity contribution in [1.29, 1.82) is 0 Å². The Morgan fingerprint density at radius 3 is 2.59 bits per heavy atom. The molecule has 90 valence electrons. The Morgan fingerprint density at radius 2 is 2.00 bits per heavy atom. The second-order valence-electron chi connectivity index (χ2n) is 4.69. The fraction of sp³-hybridized carbons (Fsp3) is 0.400. The van der Waals surface area contributed by atoms with Crippen LogP contribution in [0.25, 0.3) is 11.1 Å². The summed E-state index contributed by atoms with van der Waals surface area (Å²) in [7, 11) is 1.96. The third-order valence-corrected chi connectivity index (χ3v) is 3.35. The van der Waals surface area contributed by atoms with Crippen molar-refractivity contribution in [3.8, 4) is 11.1 Å². The van der Waals surface area contributed by atoms with Gasteiger partial charge in [-0.2, -0.15) is 5.10 Å². The van der Waals surface area contributed by atoms with Crippen molar-refractivity contribution in [3.05, 3.63) is 41.2 Å². The first-order valence-corrected chi connectivity index (χ1v) is 6.21. The smallest absolute Gasteiger partial charge is 0.0568 e. The molecule has 2 rings (SSSR count). The molecule has 0 fully saturated rings. The number of benzene rings is 1. The van der Waals surface area contributed by atoms with Gasteiger partial charge in [0.05, 0.1) is 6.20 Å². The maximum Gasteiger partial charge on any atom is 0.0568 e. The van der Waals surface area contributed by atoms with Crippen LogP contribution in [0.3, 0.4) is 0 Å². The van der Waals surface area contributed by atoms with Crippen molar-refractivity contribution < 1.29 is 0 Å². The first-order chi connectivity index (χ1) is 8.13. The summed E-state index contributed by atoms with van der Waals surface area (Å²) in [6, 6.07) is 4.43. The Labute approximate surface area is 103 Å². The summed E-state index contributed by atoms with van der Waals surface area (Å²) in [4.78, 5) is 0. The van der Waals surface area contributed by atoms with E-state index in [9.17, 15) is 0 Å². The molecule has 0 aliphatic rings. The summed E-state index contributed by atoms with van der Waals surface area (Å²) < 4.78 is 1.86. The number of aryl methyl sites for hydroxylation is 2. The first-order valence-electron chi connectivity index (χ1n) is 6.21. The summed E-state index contributed by atoms with van der Waals surface area (Å²) in [6.07, 6.45) is 6.37. The van der Waals surface area contributed by atoms with Crippen molar-refractivity contribution >= 4 is 0 Å². The van der Waals surface area contributed by atoms with Gasteiger partial charge >= 0.3 is 0 Å². The monoisotopic (exact) mass is 228 g/mol. The van der Waals surface area contributed by atoms with E-state index in [1.807, 2.05) is 17.9 Å². The highest BCUT2D eigenvalue weighted by atomic mass is 15.2. The van der Waals surface area contributed by atoms with Gasteiger partial charge in [0.25, 0.3) is 0 Å². The van der Waals surface area contributed by atoms with Crippen LogP contribution in [0.1, 0.15) is 30.0 Å². The Kier molecular flexibility index (Phi) is 3.32. The number of nitrogens with zero attached hydrogens (tertiary/aromatic N) is 2. The molecule has 1 aromatic heterocycles. The van der Waals surface area contributed by atoms with Crippen LogP contribution in [0.15, 0.2) is 24.5 Å². The number of aromatic nitrogens is 2. The molecular formula is C15H20N2. The fourth-order valence-corrected chi connectivity index (χ4v) is 2.40. The Hall–Kier alpha value is -1.57. The molecule has 2 aromatic rings. The van der Waals surface area contributed by atoms with Gasteiger partial charge in [-0.1, -0.05) is 25.5 Å². The zero-order valence-electron chi connectivity index (χ0n) is 11.1. The highest BCUT2D eigenvalue weighted by Crippen LogP contribution is 2.28. The largest absolute Gasteiger partial charge is 0.275 e. The number of rotatable bonds is 3. The normalized spacial score (nSPS) is 10.8. The van der Waals surface area contributed by atoms with E-state index < -0.39 is 0 Å². The van der Waals surface area contributed by atoms with Crippen LogP contribution in [0.4, 0.5) is 0 Å². The molecule has 0 radical (unpaired) electrons. The van der Waals surface area contributed by atoms with Gasteiger partial charge in [-0.3, -0.25) is 4.68 Å². The SMILES string of the molecule is CCCc1c(C)ccc(-c2cnn(C)c2)c1C. The molecule has 0 saturated heterocycles. The number of hydrogen-bond donors (Lipinski definition) is 0. The average molecular weight is 228 g/mol. The molecule has 0 unspecified atom stereocenters. The molecule has 2 heteroatoms. The zero-order valence-corrected chi connectivity index (χ0v) is 11.1. The lowest BCUT2D eigenvalue weighted by molar-refractivity contribution is 0.768. The van der Waals surface area contributed by atoms with Crippen molar-refractivity contribution in [2.24, 2.45) is 7.05 Å². The molecule has 0 aliphatic heterocycles. The van der Waals surface area contributed by atoms with Crippen LogP contribution in [0.2, 0.25) is 0 Å². The Morgan fingerprint density at radius 1 is 1.24 bits per heavy atom. The topological polar surface area (TPSA) is 17.8 Å². The Bertz CT molecular complexity index is 524. The minimum atomic E-state index is 1.16. The summed E-state index contributed by atoms with van der Waals surface area (Å²) in [5.41, 5.74) is 6.82. The van der Waals surface area contributed by atoms with Gasteiger partial charge in [-0.25, -0.2) is 0 Å². The van der Waals surface area contributed by atoms with Gasteiger partial charge in [0.2, 0.25) is 0 Å². The van der Waals surface area contributed by atoms with Gasteiger partial charge in [-0.05, 0) is 42.5 Å². The van der Waals surface area contributed by atoms with Gasteiger partial charge in [-0.15, -0.1) is 0 Å². The van der Waals surface area contributed by atoms with E-state index in [2.05, 4.69) is 44.2 Å². The predicted molar refractivity (Wildman–Crippen MR) is 72.1 cm³/mol. The molecule has 0 spiro atoms. The van der Waals surface area contributed by atoms with Gasteiger partial charge in [0.15, 0.2) is 0 Å². The van der Waals surface area contributed by atoms with Crippen LogP contribution in [-0.2, 0) is 13.5 Å². The van der Waals surface area contributed by atoms with Gasteiger partial charge in [0.1, 0.15) is 0 Å². The first kappa shape index (κ1) is 11.9. The maximum absolute atomic E-state index is 4.25. The average Bonchev–Trinajstić information content (AvgIpc) is 2.71. The minimum absolute atomic E-state index is 1.16. The van der Waals surface area contributed by atoms with E-state index in [0.717, 1.165) is 6.42 Å². The lowest BCUT2D eigenvalue weighted by Crippen LogP contribution is -1.95. The third-order valence-electron chi connectivity index (χ3n) is 3.35. The standard InChI is InChI=1S/C15H20N2/c1-5-6-14-11(2)7-8-15(12(14)3)13-9-16-17(4)10-13/h7-10H,5-6H2,1-4H3. The van der Waals surface area contributed by atoms with Crippen LogP contribution < -0.4 is 0 Å². The predicted octanol–water partition coefficient (Wildman–Crippen LogP) is 3.66. The summed E-state index contributed by atoms with van der Waals surface area (Å²) in [5.74, 6) is 0. The van der Waals surface area contributed by atoms with E-state index in [1.54, 1.807) is 0 Å². The van der Waals surface area contributed by atoms with E-state index in [-0.39, 0.29) is 0 Å². The van der Waals surface area contributed by atoms with Crippen LogP contribution in [0, 0.1) is 13.8 Å². The quantitative estimate of drug-likeness (QED) is 0.784. The highest BCUT2D eigenvalue weighted by molar-refractivity contribution is 5.68. The molecule has 1 aromatic carbocycles. The molecule has 0 amide bonds. The molecule has 0 bridgehead atoms. The second-order valence-corrected chi connectivity index (χ2v) is 4.69. The van der Waals surface area contributed by atoms with Gasteiger partial charge < -0.3 is 0 Å².